The summed E-state index contributed by atoms with van der Waals surface area (Å²) in [5.41, 5.74) is 7.79. The van der Waals surface area contributed by atoms with Crippen LogP contribution in [0, 0.1) is 13.8 Å². The second-order valence-corrected chi connectivity index (χ2v) is 5.24. The smallest absolute Gasteiger partial charge is 0.250 e. The molecule has 2 heterocycles. The zero-order valence-corrected chi connectivity index (χ0v) is 13.0. The van der Waals surface area contributed by atoms with Crippen LogP contribution in [0.3, 0.4) is 0 Å². The molecular weight excluding hydrogens is 296 g/mol. The lowest BCUT2D eigenvalue weighted by molar-refractivity contribution is 0.100. The number of nitrogens with two attached hydrogens (primary N) is 1. The molecule has 0 spiro atoms. The Kier molecular flexibility index (Phi) is 3.40. The van der Waals surface area contributed by atoms with E-state index in [1.54, 1.807) is 43.8 Å². The summed E-state index contributed by atoms with van der Waals surface area (Å²) in [4.78, 5) is 23.6. The molecule has 0 radical (unpaired) electrons. The molecule has 0 atom stereocenters. The Bertz CT molecular complexity index is 985. The van der Waals surface area contributed by atoms with Crippen molar-refractivity contribution in [3.63, 3.8) is 0 Å². The summed E-state index contributed by atoms with van der Waals surface area (Å²) in [6.07, 6.45) is 0. The highest BCUT2D eigenvalue weighted by Gasteiger charge is 2.16. The van der Waals surface area contributed by atoms with Gasteiger partial charge >= 0.3 is 0 Å². The van der Waals surface area contributed by atoms with Gasteiger partial charge in [0, 0.05) is 18.8 Å². The Morgan fingerprint density at radius 2 is 2.04 bits per heavy atom. The zero-order valence-electron chi connectivity index (χ0n) is 13.0. The number of hydrogen-bond acceptors (Lipinski definition) is 5. The molecule has 0 saturated carbocycles. The highest BCUT2D eigenvalue weighted by molar-refractivity contribution is 5.99. The fraction of sp³-hybridized carbons (Fsp3) is 0.188. The van der Waals surface area contributed by atoms with Crippen molar-refractivity contribution in [2.45, 2.75) is 13.8 Å². The molecule has 1 amide bonds. The lowest BCUT2D eigenvalue weighted by Crippen LogP contribution is -2.14. The molecule has 0 saturated heterocycles. The van der Waals surface area contributed by atoms with Crippen molar-refractivity contribution in [3.05, 3.63) is 51.5 Å². The number of rotatable bonds is 3. The van der Waals surface area contributed by atoms with Gasteiger partial charge in [0.2, 0.25) is 5.71 Å². The lowest BCUT2D eigenvalue weighted by Gasteiger charge is -2.09. The van der Waals surface area contributed by atoms with Crippen LogP contribution in [0.25, 0.3) is 16.8 Å². The maximum Gasteiger partial charge on any atom is 0.250 e. The van der Waals surface area contributed by atoms with Crippen molar-refractivity contribution in [1.29, 1.82) is 0 Å². The number of anilines is 1. The zero-order chi connectivity index (χ0) is 16.7. The van der Waals surface area contributed by atoms with Gasteiger partial charge in [0.15, 0.2) is 5.43 Å². The number of benzene rings is 1. The maximum absolute atomic E-state index is 12.1. The van der Waals surface area contributed by atoms with Gasteiger partial charge in [-0.15, -0.1) is 0 Å². The molecule has 23 heavy (non-hydrogen) atoms. The quantitative estimate of drug-likeness (QED) is 0.766. The average molecular weight is 312 g/mol. The topological polar surface area (TPSA) is 103 Å². The van der Waals surface area contributed by atoms with E-state index in [0.29, 0.717) is 39.5 Å². The summed E-state index contributed by atoms with van der Waals surface area (Å²) < 4.78 is 7.23. The molecule has 2 aromatic heterocycles. The second kappa shape index (κ2) is 5.28. The van der Waals surface area contributed by atoms with Crippen LogP contribution in [-0.4, -0.2) is 22.7 Å². The van der Waals surface area contributed by atoms with Gasteiger partial charge in [-0.1, -0.05) is 0 Å². The normalized spacial score (nSPS) is 10.9. The first-order valence-corrected chi connectivity index (χ1v) is 7.04. The first-order valence-electron chi connectivity index (χ1n) is 7.04. The molecule has 7 heteroatoms. The van der Waals surface area contributed by atoms with Gasteiger partial charge in [-0.3, -0.25) is 9.59 Å². The first-order chi connectivity index (χ1) is 10.9. The fourth-order valence-electron chi connectivity index (χ4n) is 2.58. The van der Waals surface area contributed by atoms with Gasteiger partial charge < -0.3 is 15.5 Å². The molecule has 3 N–H and O–H groups in total. The lowest BCUT2D eigenvalue weighted by atomic mass is 10.1. The van der Waals surface area contributed by atoms with Gasteiger partial charge in [-0.2, -0.15) is 9.78 Å². The second-order valence-electron chi connectivity index (χ2n) is 5.24. The summed E-state index contributed by atoms with van der Waals surface area (Å²) in [7, 11) is 1.70. The summed E-state index contributed by atoms with van der Waals surface area (Å²) >= 11 is 0. The largest absolute Gasteiger partial charge is 0.443 e. The van der Waals surface area contributed by atoms with Crippen molar-refractivity contribution >= 4 is 22.7 Å². The van der Waals surface area contributed by atoms with Gasteiger partial charge in [0.1, 0.15) is 11.1 Å². The summed E-state index contributed by atoms with van der Waals surface area (Å²) in [6, 6.07) is 6.49. The van der Waals surface area contributed by atoms with Crippen LogP contribution in [0.15, 0.2) is 33.5 Å². The number of amides is 1. The Labute approximate surface area is 131 Å². The third-order valence-electron chi connectivity index (χ3n) is 3.64. The van der Waals surface area contributed by atoms with Crippen LogP contribution in [0.2, 0.25) is 0 Å². The van der Waals surface area contributed by atoms with Gasteiger partial charge in [-0.05, 0) is 32.0 Å². The number of nitrogens with zero attached hydrogens (tertiary/aromatic N) is 2. The molecule has 0 bridgehead atoms. The van der Waals surface area contributed by atoms with Crippen molar-refractivity contribution in [2.24, 2.45) is 5.73 Å². The number of hydrogen-bond donors (Lipinski definition) is 2. The molecule has 0 fully saturated rings. The van der Waals surface area contributed by atoms with E-state index in [0.717, 1.165) is 0 Å². The van der Waals surface area contributed by atoms with Crippen LogP contribution in [0.5, 0.6) is 0 Å². The first kappa shape index (κ1) is 14.8. The third-order valence-corrected chi connectivity index (χ3v) is 3.64. The van der Waals surface area contributed by atoms with E-state index in [2.05, 4.69) is 10.4 Å². The van der Waals surface area contributed by atoms with Gasteiger partial charge in [0.05, 0.1) is 16.9 Å². The minimum absolute atomic E-state index is 0.130. The third kappa shape index (κ3) is 2.36. The Balaban J connectivity index is 2.29. The summed E-state index contributed by atoms with van der Waals surface area (Å²) in [5.74, 6) is -0.0176. The van der Waals surface area contributed by atoms with Crippen molar-refractivity contribution in [1.82, 2.24) is 9.78 Å². The van der Waals surface area contributed by atoms with E-state index in [1.165, 1.54) is 6.07 Å². The Hall–Kier alpha value is -3.09. The van der Waals surface area contributed by atoms with Crippen LogP contribution in [-0.2, 0) is 0 Å². The highest BCUT2D eigenvalue weighted by atomic mass is 16.3. The SMILES string of the molecule is CNc1cc(-n2nc(C)c3c(=O)cc(C)oc32)ccc1C(N)=O. The predicted molar refractivity (Wildman–Crippen MR) is 87.1 cm³/mol. The predicted octanol–water partition coefficient (Wildman–Crippen LogP) is 1.74. The number of aryl methyl sites for hydroxylation is 2. The molecule has 1 aromatic carbocycles. The molecule has 0 unspecified atom stereocenters. The minimum atomic E-state index is -0.523. The molecule has 7 nitrogen and oxygen atoms in total. The average Bonchev–Trinajstić information content (AvgIpc) is 2.83. The molecule has 3 aromatic rings. The highest BCUT2D eigenvalue weighted by Crippen LogP contribution is 2.24. The monoisotopic (exact) mass is 312 g/mol. The van der Waals surface area contributed by atoms with E-state index in [4.69, 9.17) is 10.2 Å². The van der Waals surface area contributed by atoms with Crippen LogP contribution >= 0.6 is 0 Å². The Morgan fingerprint density at radius 3 is 2.70 bits per heavy atom. The standard InChI is InChI=1S/C16H16N4O3/c1-8-6-13(21)14-9(2)19-20(16(14)23-8)10-4-5-11(15(17)22)12(7-10)18-3/h4-7,18H,1-3H3,(H2,17,22). The number of primary amides is 1. The number of fused-ring (bicyclic) bond motifs is 1. The number of carbonyl (C=O) groups excluding carboxylic acids is 1. The van der Waals surface area contributed by atoms with Crippen LogP contribution < -0.4 is 16.5 Å². The minimum Gasteiger partial charge on any atom is -0.443 e. The van der Waals surface area contributed by atoms with Crippen LogP contribution in [0.4, 0.5) is 5.69 Å². The van der Waals surface area contributed by atoms with E-state index >= 15 is 0 Å². The van der Waals surface area contributed by atoms with E-state index in [9.17, 15) is 9.59 Å². The van der Waals surface area contributed by atoms with E-state index in [1.807, 2.05) is 0 Å². The molecule has 3 rings (SSSR count). The molecule has 0 aliphatic rings. The molecule has 0 aliphatic carbocycles. The summed E-state index contributed by atoms with van der Waals surface area (Å²) in [5, 5.41) is 7.77. The van der Waals surface area contributed by atoms with Crippen molar-refractivity contribution < 1.29 is 9.21 Å². The number of nitrogens with one attached hydrogen (secondary N) is 1. The van der Waals surface area contributed by atoms with E-state index < -0.39 is 5.91 Å². The summed E-state index contributed by atoms with van der Waals surface area (Å²) in [6.45, 7) is 3.46. The van der Waals surface area contributed by atoms with Gasteiger partial charge in [0.25, 0.3) is 5.91 Å². The van der Waals surface area contributed by atoms with Crippen molar-refractivity contribution in [2.75, 3.05) is 12.4 Å². The molecule has 0 aliphatic heterocycles. The fourth-order valence-corrected chi connectivity index (χ4v) is 2.58. The maximum atomic E-state index is 12.1. The molecule has 118 valence electrons. The van der Waals surface area contributed by atoms with Gasteiger partial charge in [-0.25, -0.2) is 0 Å². The van der Waals surface area contributed by atoms with Crippen LogP contribution in [0.1, 0.15) is 21.8 Å². The van der Waals surface area contributed by atoms with E-state index in [-0.39, 0.29) is 5.43 Å². The number of aromatic nitrogens is 2. The van der Waals surface area contributed by atoms with Crippen molar-refractivity contribution in [3.8, 4) is 5.69 Å². The Morgan fingerprint density at radius 1 is 1.30 bits per heavy atom. The molecular formula is C16H16N4O3. The number of carbonyl (C=O) groups is 1.